The summed E-state index contributed by atoms with van der Waals surface area (Å²) >= 11 is 12.1. The molecule has 0 heterocycles. The molecule has 0 saturated carbocycles. The van der Waals surface area contributed by atoms with E-state index in [1.165, 1.54) is 0 Å². The first kappa shape index (κ1) is 17.3. The summed E-state index contributed by atoms with van der Waals surface area (Å²) in [7, 11) is 1.77. The fourth-order valence-corrected chi connectivity index (χ4v) is 2.13. The first-order valence-electron chi connectivity index (χ1n) is 6.62. The summed E-state index contributed by atoms with van der Waals surface area (Å²) in [6, 6.07) is 5.46. The number of hydrogen-bond acceptors (Lipinski definition) is 2. The Bertz CT molecular complexity index is 469. The second-order valence-corrected chi connectivity index (χ2v) is 6.67. The van der Waals surface area contributed by atoms with E-state index in [4.69, 9.17) is 23.2 Å². The molecule has 0 radical (unpaired) electrons. The standard InChI is InChI=1S/C15H22Cl2N2O/c1-15(2,3)18-9-8-13(20)19(4)10-11-6-5-7-12(16)14(11)17/h5-7,18H,8-10H2,1-4H3. The van der Waals surface area contributed by atoms with E-state index in [0.29, 0.717) is 29.6 Å². The van der Waals surface area contributed by atoms with E-state index in [9.17, 15) is 4.79 Å². The van der Waals surface area contributed by atoms with Gasteiger partial charge in [-0.3, -0.25) is 4.79 Å². The summed E-state index contributed by atoms with van der Waals surface area (Å²) in [5.74, 6) is 0.0813. The zero-order chi connectivity index (χ0) is 15.3. The zero-order valence-electron chi connectivity index (χ0n) is 12.5. The van der Waals surface area contributed by atoms with Gasteiger partial charge < -0.3 is 10.2 Å². The minimum Gasteiger partial charge on any atom is -0.341 e. The van der Waals surface area contributed by atoms with Gasteiger partial charge in [-0.05, 0) is 32.4 Å². The van der Waals surface area contributed by atoms with Crippen molar-refractivity contribution in [1.29, 1.82) is 0 Å². The van der Waals surface area contributed by atoms with Gasteiger partial charge in [-0.1, -0.05) is 35.3 Å². The number of nitrogens with zero attached hydrogens (tertiary/aromatic N) is 1. The quantitative estimate of drug-likeness (QED) is 0.897. The summed E-state index contributed by atoms with van der Waals surface area (Å²) in [6.07, 6.45) is 0.464. The van der Waals surface area contributed by atoms with Crippen molar-refractivity contribution in [3.63, 3.8) is 0 Å². The van der Waals surface area contributed by atoms with Crippen LogP contribution in [0.2, 0.25) is 10.0 Å². The van der Waals surface area contributed by atoms with Crippen LogP contribution in [0.3, 0.4) is 0 Å². The Morgan fingerprint density at radius 2 is 1.95 bits per heavy atom. The van der Waals surface area contributed by atoms with Crippen LogP contribution in [0.25, 0.3) is 0 Å². The fraction of sp³-hybridized carbons (Fsp3) is 0.533. The van der Waals surface area contributed by atoms with Gasteiger partial charge in [-0.25, -0.2) is 0 Å². The molecule has 0 unspecified atom stereocenters. The number of amides is 1. The number of hydrogen-bond donors (Lipinski definition) is 1. The Balaban J connectivity index is 2.52. The number of rotatable bonds is 5. The molecule has 0 atom stereocenters. The van der Waals surface area contributed by atoms with Crippen LogP contribution in [0, 0.1) is 0 Å². The number of carbonyl (C=O) groups excluding carboxylic acids is 1. The van der Waals surface area contributed by atoms with Gasteiger partial charge in [-0.2, -0.15) is 0 Å². The Hall–Kier alpha value is -0.770. The van der Waals surface area contributed by atoms with Gasteiger partial charge in [0, 0.05) is 32.1 Å². The van der Waals surface area contributed by atoms with E-state index in [2.05, 4.69) is 26.1 Å². The molecule has 0 saturated heterocycles. The van der Waals surface area contributed by atoms with Crippen molar-refractivity contribution < 1.29 is 4.79 Å². The first-order valence-corrected chi connectivity index (χ1v) is 7.38. The van der Waals surface area contributed by atoms with Gasteiger partial charge in [0.25, 0.3) is 0 Å². The van der Waals surface area contributed by atoms with Crippen LogP contribution < -0.4 is 5.32 Å². The molecule has 0 aromatic heterocycles. The molecule has 0 bridgehead atoms. The van der Waals surface area contributed by atoms with E-state index in [-0.39, 0.29) is 11.4 Å². The van der Waals surface area contributed by atoms with Crippen LogP contribution in [-0.2, 0) is 11.3 Å². The first-order chi connectivity index (χ1) is 9.20. The summed E-state index contributed by atoms with van der Waals surface area (Å²) in [4.78, 5) is 13.7. The summed E-state index contributed by atoms with van der Waals surface area (Å²) in [5, 5.41) is 4.33. The van der Waals surface area contributed by atoms with Crippen molar-refractivity contribution in [1.82, 2.24) is 10.2 Å². The maximum Gasteiger partial charge on any atom is 0.223 e. The van der Waals surface area contributed by atoms with E-state index >= 15 is 0 Å². The minimum atomic E-state index is 0.0229. The summed E-state index contributed by atoms with van der Waals surface area (Å²) in [6.45, 7) is 7.36. The summed E-state index contributed by atoms with van der Waals surface area (Å²) < 4.78 is 0. The van der Waals surface area contributed by atoms with Crippen molar-refractivity contribution in [3.05, 3.63) is 33.8 Å². The van der Waals surface area contributed by atoms with Gasteiger partial charge >= 0.3 is 0 Å². The molecule has 3 nitrogen and oxygen atoms in total. The minimum absolute atomic E-state index is 0.0229. The van der Waals surface area contributed by atoms with Crippen LogP contribution in [0.4, 0.5) is 0 Å². The summed E-state index contributed by atoms with van der Waals surface area (Å²) in [5.41, 5.74) is 0.883. The van der Waals surface area contributed by atoms with E-state index in [0.717, 1.165) is 5.56 Å². The van der Waals surface area contributed by atoms with Gasteiger partial charge in [0.05, 0.1) is 10.0 Å². The molecule has 5 heteroatoms. The smallest absolute Gasteiger partial charge is 0.223 e. The molecule has 1 aromatic carbocycles. The second-order valence-electron chi connectivity index (χ2n) is 5.89. The highest BCUT2D eigenvalue weighted by Crippen LogP contribution is 2.26. The average Bonchev–Trinajstić information content (AvgIpc) is 2.33. The Kier molecular flexibility index (Phi) is 6.31. The lowest BCUT2D eigenvalue weighted by Gasteiger charge is -2.22. The largest absolute Gasteiger partial charge is 0.341 e. The Morgan fingerprint density at radius 1 is 1.30 bits per heavy atom. The number of nitrogens with one attached hydrogen (secondary N) is 1. The predicted molar refractivity (Wildman–Crippen MR) is 85.3 cm³/mol. The molecule has 1 aromatic rings. The van der Waals surface area contributed by atoms with Crippen molar-refractivity contribution >= 4 is 29.1 Å². The predicted octanol–water partition coefficient (Wildman–Crippen LogP) is 3.73. The molecular formula is C15H22Cl2N2O. The maximum atomic E-state index is 12.0. The molecule has 1 rings (SSSR count). The van der Waals surface area contributed by atoms with Gasteiger partial charge in [0.1, 0.15) is 0 Å². The van der Waals surface area contributed by atoms with Crippen molar-refractivity contribution in [3.8, 4) is 0 Å². The van der Waals surface area contributed by atoms with Crippen LogP contribution in [0.1, 0.15) is 32.8 Å². The lowest BCUT2D eigenvalue weighted by molar-refractivity contribution is -0.130. The van der Waals surface area contributed by atoms with Crippen LogP contribution in [0.5, 0.6) is 0 Å². The lowest BCUT2D eigenvalue weighted by atomic mass is 10.1. The molecule has 1 amide bonds. The molecular weight excluding hydrogens is 295 g/mol. The monoisotopic (exact) mass is 316 g/mol. The van der Waals surface area contributed by atoms with Crippen LogP contribution >= 0.6 is 23.2 Å². The Labute approximate surface area is 131 Å². The van der Waals surface area contributed by atoms with Crippen molar-refractivity contribution in [2.75, 3.05) is 13.6 Å². The molecule has 1 N–H and O–H groups in total. The van der Waals surface area contributed by atoms with E-state index in [1.807, 2.05) is 12.1 Å². The maximum absolute atomic E-state index is 12.0. The highest BCUT2D eigenvalue weighted by molar-refractivity contribution is 6.42. The van der Waals surface area contributed by atoms with Crippen molar-refractivity contribution in [2.45, 2.75) is 39.3 Å². The third-order valence-electron chi connectivity index (χ3n) is 2.86. The molecule has 0 fully saturated rings. The molecule has 0 aliphatic heterocycles. The molecule has 0 aliphatic rings. The number of benzene rings is 1. The van der Waals surface area contributed by atoms with Crippen LogP contribution in [0.15, 0.2) is 18.2 Å². The number of halogens is 2. The number of carbonyl (C=O) groups is 1. The SMILES string of the molecule is CN(Cc1cccc(Cl)c1Cl)C(=O)CCNC(C)(C)C. The van der Waals surface area contributed by atoms with Gasteiger partial charge in [0.15, 0.2) is 0 Å². The third kappa shape index (κ3) is 5.70. The zero-order valence-corrected chi connectivity index (χ0v) is 14.0. The third-order valence-corrected chi connectivity index (χ3v) is 3.72. The molecule has 112 valence electrons. The Morgan fingerprint density at radius 3 is 2.55 bits per heavy atom. The van der Waals surface area contributed by atoms with Crippen molar-refractivity contribution in [2.24, 2.45) is 0 Å². The molecule has 0 aliphatic carbocycles. The highest BCUT2D eigenvalue weighted by atomic mass is 35.5. The fourth-order valence-electron chi connectivity index (χ4n) is 1.75. The van der Waals surface area contributed by atoms with E-state index in [1.54, 1.807) is 18.0 Å². The molecule has 20 heavy (non-hydrogen) atoms. The normalized spacial score (nSPS) is 11.5. The highest BCUT2D eigenvalue weighted by Gasteiger charge is 2.14. The molecule has 0 spiro atoms. The van der Waals surface area contributed by atoms with Gasteiger partial charge in [-0.15, -0.1) is 0 Å². The van der Waals surface area contributed by atoms with Gasteiger partial charge in [0.2, 0.25) is 5.91 Å². The lowest BCUT2D eigenvalue weighted by Crippen LogP contribution is -2.38. The second kappa shape index (κ2) is 7.30. The topological polar surface area (TPSA) is 32.3 Å². The van der Waals surface area contributed by atoms with E-state index < -0.39 is 0 Å². The average molecular weight is 317 g/mol. The van der Waals surface area contributed by atoms with Crippen LogP contribution in [-0.4, -0.2) is 29.9 Å².